The van der Waals surface area contributed by atoms with E-state index in [-0.39, 0.29) is 22.9 Å². The number of nitrogens with one attached hydrogen (secondary N) is 2. The molecule has 0 spiro atoms. The van der Waals surface area contributed by atoms with Crippen LogP contribution in [-0.4, -0.2) is 46.7 Å². The van der Waals surface area contributed by atoms with Gasteiger partial charge >= 0.3 is 6.03 Å². The van der Waals surface area contributed by atoms with Crippen molar-refractivity contribution in [3.8, 4) is 5.82 Å². The molecule has 2 N–H and O–H groups in total. The number of aromatic nitrogens is 7. The summed E-state index contributed by atoms with van der Waals surface area (Å²) in [6, 6.07) is 2.64. The Morgan fingerprint density at radius 3 is 2.61 bits per heavy atom. The van der Waals surface area contributed by atoms with Crippen LogP contribution < -0.4 is 10.6 Å². The molecule has 0 radical (unpaired) electrons. The van der Waals surface area contributed by atoms with Crippen LogP contribution in [0.1, 0.15) is 19.5 Å². The molecule has 4 rings (SSSR count). The third kappa shape index (κ3) is 4.74. The van der Waals surface area contributed by atoms with E-state index in [1.54, 1.807) is 12.1 Å². The smallest absolute Gasteiger partial charge is 0.323 e. The normalized spacial score (nSPS) is 11.3. The highest BCUT2D eigenvalue weighted by atomic mass is 35.5. The first kappa shape index (κ1) is 21.0. The Morgan fingerprint density at radius 1 is 1.13 bits per heavy atom. The molecule has 0 bridgehead atoms. The predicted molar refractivity (Wildman–Crippen MR) is 115 cm³/mol. The molecule has 0 fully saturated rings. The van der Waals surface area contributed by atoms with Gasteiger partial charge < -0.3 is 15.4 Å². The SMILES string of the molecule is CC(C)OCc1c(NC(=O)Nc2cnc(-n3nccn3)c(Cl)c2)cnc2cc(Cl)nn12. The molecule has 0 saturated carbocycles. The first-order chi connectivity index (χ1) is 14.9. The molecule has 13 heteroatoms. The Morgan fingerprint density at radius 2 is 1.90 bits per heavy atom. The van der Waals surface area contributed by atoms with E-state index in [0.29, 0.717) is 28.5 Å². The van der Waals surface area contributed by atoms with Gasteiger partial charge in [-0.15, -0.1) is 4.80 Å². The number of anilines is 2. The summed E-state index contributed by atoms with van der Waals surface area (Å²) in [5.74, 6) is 0.343. The van der Waals surface area contributed by atoms with E-state index in [9.17, 15) is 4.79 Å². The summed E-state index contributed by atoms with van der Waals surface area (Å²) in [6.45, 7) is 4.02. The second-order valence-electron chi connectivity index (χ2n) is 6.64. The number of fused-ring (bicyclic) bond motifs is 1. The number of hydrogen-bond donors (Lipinski definition) is 2. The molecule has 0 aliphatic heterocycles. The maximum absolute atomic E-state index is 12.6. The van der Waals surface area contributed by atoms with Gasteiger partial charge in [0.25, 0.3) is 0 Å². The third-order valence-electron chi connectivity index (χ3n) is 4.04. The van der Waals surface area contributed by atoms with Crippen molar-refractivity contribution in [1.29, 1.82) is 0 Å². The number of halogens is 2. The first-order valence-electron chi connectivity index (χ1n) is 9.15. The van der Waals surface area contributed by atoms with E-state index in [0.717, 1.165) is 0 Å². The minimum absolute atomic E-state index is 0.0214. The molecule has 31 heavy (non-hydrogen) atoms. The Kier molecular flexibility index (Phi) is 5.98. The number of nitrogens with zero attached hydrogens (tertiary/aromatic N) is 7. The molecule has 0 unspecified atom stereocenters. The number of amides is 2. The molecule has 11 nitrogen and oxygen atoms in total. The summed E-state index contributed by atoms with van der Waals surface area (Å²) in [4.78, 5) is 22.3. The lowest BCUT2D eigenvalue weighted by molar-refractivity contribution is 0.0629. The molecule has 0 atom stereocenters. The second-order valence-corrected chi connectivity index (χ2v) is 7.44. The number of pyridine rings is 1. The average molecular weight is 462 g/mol. The van der Waals surface area contributed by atoms with Crippen molar-refractivity contribution in [3.05, 3.63) is 52.8 Å². The van der Waals surface area contributed by atoms with E-state index in [1.165, 1.54) is 34.1 Å². The summed E-state index contributed by atoms with van der Waals surface area (Å²) >= 11 is 12.2. The van der Waals surface area contributed by atoms with Gasteiger partial charge in [-0.3, -0.25) is 0 Å². The monoisotopic (exact) mass is 461 g/mol. The van der Waals surface area contributed by atoms with Gasteiger partial charge in [-0.25, -0.2) is 19.3 Å². The average Bonchev–Trinajstić information content (AvgIpc) is 3.36. The molecule has 2 amide bonds. The highest BCUT2D eigenvalue weighted by molar-refractivity contribution is 6.32. The summed E-state index contributed by atoms with van der Waals surface area (Å²) < 4.78 is 7.24. The number of ether oxygens (including phenoxy) is 1. The third-order valence-corrected chi connectivity index (χ3v) is 4.51. The van der Waals surface area contributed by atoms with Crippen molar-refractivity contribution in [2.45, 2.75) is 26.6 Å². The zero-order valence-electron chi connectivity index (χ0n) is 16.5. The molecule has 0 aliphatic carbocycles. The van der Waals surface area contributed by atoms with Crippen LogP contribution in [0, 0.1) is 0 Å². The van der Waals surface area contributed by atoms with Crippen LogP contribution in [0.15, 0.2) is 36.9 Å². The molecular formula is C18H17Cl2N9O2. The summed E-state index contributed by atoms with van der Waals surface area (Å²) in [5, 5.41) is 18.2. The molecule has 4 aromatic heterocycles. The number of rotatable bonds is 6. The van der Waals surface area contributed by atoms with Gasteiger partial charge in [-0.2, -0.15) is 15.3 Å². The van der Waals surface area contributed by atoms with Gasteiger partial charge in [0.1, 0.15) is 0 Å². The summed E-state index contributed by atoms with van der Waals surface area (Å²) in [7, 11) is 0. The van der Waals surface area contributed by atoms with Crippen molar-refractivity contribution in [2.24, 2.45) is 0 Å². The van der Waals surface area contributed by atoms with Gasteiger partial charge in [0.15, 0.2) is 16.6 Å². The van der Waals surface area contributed by atoms with Crippen molar-refractivity contribution in [1.82, 2.24) is 34.6 Å². The maximum Gasteiger partial charge on any atom is 0.323 e. The maximum atomic E-state index is 12.6. The highest BCUT2D eigenvalue weighted by Crippen LogP contribution is 2.22. The second kappa shape index (κ2) is 8.84. The fraction of sp³-hybridized carbons (Fsp3) is 0.222. The van der Waals surface area contributed by atoms with Crippen LogP contribution in [0.5, 0.6) is 0 Å². The van der Waals surface area contributed by atoms with E-state index < -0.39 is 6.03 Å². The van der Waals surface area contributed by atoms with Gasteiger partial charge in [0, 0.05) is 6.07 Å². The van der Waals surface area contributed by atoms with Crippen LogP contribution in [-0.2, 0) is 11.3 Å². The summed E-state index contributed by atoms with van der Waals surface area (Å²) in [5.41, 5.74) is 1.94. The van der Waals surface area contributed by atoms with Crippen LogP contribution >= 0.6 is 23.2 Å². The lowest BCUT2D eigenvalue weighted by atomic mass is 10.3. The number of carbonyl (C=O) groups is 1. The zero-order valence-corrected chi connectivity index (χ0v) is 18.0. The topological polar surface area (TPSA) is 124 Å². The van der Waals surface area contributed by atoms with Crippen molar-refractivity contribution >= 4 is 46.3 Å². The number of carbonyl (C=O) groups excluding carboxylic acids is 1. The minimum Gasteiger partial charge on any atom is -0.372 e. The van der Waals surface area contributed by atoms with Crippen LogP contribution in [0.3, 0.4) is 0 Å². The van der Waals surface area contributed by atoms with Gasteiger partial charge in [-0.1, -0.05) is 23.2 Å². The fourth-order valence-corrected chi connectivity index (χ4v) is 3.11. The Labute approximate surface area is 186 Å². The van der Waals surface area contributed by atoms with E-state index in [2.05, 4.69) is 35.9 Å². The standard InChI is InChI=1S/C18H17Cl2N9O2/c1-10(2)31-9-14-13(8-21-16-6-15(20)27-28(14)16)26-18(30)25-11-5-12(19)17(22-7-11)29-23-3-4-24-29/h3-8,10H,9H2,1-2H3,(H2,25,26,30). The lowest BCUT2D eigenvalue weighted by Crippen LogP contribution is -2.22. The Balaban J connectivity index is 1.54. The molecule has 160 valence electrons. The molecule has 4 aromatic rings. The molecule has 4 heterocycles. The summed E-state index contributed by atoms with van der Waals surface area (Å²) in [6.07, 6.45) is 5.96. The number of urea groups is 1. The molecule has 0 saturated heterocycles. The zero-order chi connectivity index (χ0) is 22.0. The van der Waals surface area contributed by atoms with Crippen molar-refractivity contribution in [3.63, 3.8) is 0 Å². The Hall–Kier alpha value is -3.28. The predicted octanol–water partition coefficient (Wildman–Crippen LogP) is 3.58. The Bertz CT molecular complexity index is 1220. The first-order valence-corrected chi connectivity index (χ1v) is 9.91. The largest absolute Gasteiger partial charge is 0.372 e. The van der Waals surface area contributed by atoms with E-state index in [4.69, 9.17) is 27.9 Å². The van der Waals surface area contributed by atoms with Gasteiger partial charge in [0.05, 0.1) is 59.6 Å². The van der Waals surface area contributed by atoms with Crippen molar-refractivity contribution in [2.75, 3.05) is 10.6 Å². The van der Waals surface area contributed by atoms with Gasteiger partial charge in [-0.05, 0) is 19.9 Å². The van der Waals surface area contributed by atoms with Crippen LogP contribution in [0.4, 0.5) is 16.2 Å². The molecule has 0 aromatic carbocycles. The molecule has 0 aliphatic rings. The van der Waals surface area contributed by atoms with Crippen LogP contribution in [0.25, 0.3) is 11.5 Å². The number of hydrogen-bond acceptors (Lipinski definition) is 7. The quantitative estimate of drug-likeness (QED) is 0.449. The van der Waals surface area contributed by atoms with E-state index in [1.807, 2.05) is 13.8 Å². The van der Waals surface area contributed by atoms with Gasteiger partial charge in [0.2, 0.25) is 0 Å². The molecular weight excluding hydrogens is 445 g/mol. The lowest BCUT2D eigenvalue weighted by Gasteiger charge is -2.14. The van der Waals surface area contributed by atoms with Crippen molar-refractivity contribution < 1.29 is 9.53 Å². The minimum atomic E-state index is -0.520. The van der Waals surface area contributed by atoms with Crippen LogP contribution in [0.2, 0.25) is 10.2 Å². The van der Waals surface area contributed by atoms with E-state index >= 15 is 0 Å². The fourth-order valence-electron chi connectivity index (χ4n) is 2.70. The highest BCUT2D eigenvalue weighted by Gasteiger charge is 2.16.